The number of carbonyl (C=O) groups excluding carboxylic acids is 3. The van der Waals surface area contributed by atoms with Gasteiger partial charge in [-0.2, -0.15) is 4.90 Å². The first-order chi connectivity index (χ1) is 19.8. The Morgan fingerprint density at radius 2 is 1.63 bits per heavy atom. The van der Waals surface area contributed by atoms with Crippen molar-refractivity contribution in [3.63, 3.8) is 0 Å². The molecule has 238 valence electrons. The standard InChI is InChI=1S/C28H39ClFN5O7S/c1-27(2,3)41-25(37)35(26(38)42-28(4,5)6)23-18(20-14-34(7)16-31-20)13-19(22(30)21(23)29)24(36)32-33-43(39,40)15-17-11-9-8-10-12-17/h13-14,16-17,33H,8-12,15H2,1-7H3,(H,32,36). The number of aromatic nitrogens is 2. The molecule has 0 unspecified atom stereocenters. The van der Waals surface area contributed by atoms with E-state index in [2.05, 4.69) is 4.98 Å². The lowest BCUT2D eigenvalue weighted by atomic mass is 9.91. The Hall–Kier alpha value is -3.23. The monoisotopic (exact) mass is 643 g/mol. The van der Waals surface area contributed by atoms with Gasteiger partial charge < -0.3 is 14.0 Å². The minimum atomic E-state index is -3.93. The second-order valence-corrected chi connectivity index (χ2v) is 14.7. The third kappa shape index (κ3) is 9.38. The van der Waals surface area contributed by atoms with Gasteiger partial charge >= 0.3 is 12.2 Å². The highest BCUT2D eigenvalue weighted by Crippen LogP contribution is 2.41. The molecule has 43 heavy (non-hydrogen) atoms. The Morgan fingerprint density at radius 3 is 2.12 bits per heavy atom. The Bertz CT molecular complexity index is 1450. The number of aryl methyl sites for hydroxylation is 1. The second-order valence-electron chi connectivity index (χ2n) is 12.5. The highest BCUT2D eigenvalue weighted by Gasteiger charge is 2.38. The molecule has 1 fully saturated rings. The number of benzene rings is 1. The molecule has 15 heteroatoms. The molecule has 2 aromatic rings. The van der Waals surface area contributed by atoms with Crippen LogP contribution in [0.4, 0.5) is 19.7 Å². The maximum Gasteiger partial charge on any atom is 0.424 e. The van der Waals surface area contributed by atoms with Crippen LogP contribution in [0.5, 0.6) is 0 Å². The molecule has 0 radical (unpaired) electrons. The summed E-state index contributed by atoms with van der Waals surface area (Å²) in [7, 11) is -2.28. The van der Waals surface area contributed by atoms with Crippen LogP contribution in [0.15, 0.2) is 18.6 Å². The smallest absolute Gasteiger partial charge is 0.424 e. The van der Waals surface area contributed by atoms with Crippen molar-refractivity contribution in [3.05, 3.63) is 35.0 Å². The largest absolute Gasteiger partial charge is 0.443 e. The van der Waals surface area contributed by atoms with Gasteiger partial charge in [-0.15, -0.1) is 4.83 Å². The number of hydrazine groups is 1. The second kappa shape index (κ2) is 13.2. The maximum atomic E-state index is 15.8. The lowest BCUT2D eigenvalue weighted by molar-refractivity contribution is 0.0430. The molecule has 0 spiro atoms. The fraction of sp³-hybridized carbons (Fsp3) is 0.571. The lowest BCUT2D eigenvalue weighted by Crippen LogP contribution is -2.45. The van der Waals surface area contributed by atoms with Gasteiger partial charge in [-0.25, -0.2) is 27.4 Å². The normalized spacial score (nSPS) is 14.7. The SMILES string of the molecule is Cn1cnc(-c2cc(C(=O)NNS(=O)(=O)CC3CCCCC3)c(F)c(Cl)c2N(C(=O)OC(C)(C)C)C(=O)OC(C)(C)C)c1. The number of nitrogens with one attached hydrogen (secondary N) is 2. The lowest BCUT2D eigenvalue weighted by Gasteiger charge is -2.30. The van der Waals surface area contributed by atoms with Crippen LogP contribution in [0, 0.1) is 11.7 Å². The summed E-state index contributed by atoms with van der Waals surface area (Å²) in [5, 5.41) is -0.796. The van der Waals surface area contributed by atoms with E-state index >= 15 is 4.39 Å². The number of carbonyl (C=O) groups is 3. The summed E-state index contributed by atoms with van der Waals surface area (Å²) in [4.78, 5) is 46.6. The van der Waals surface area contributed by atoms with E-state index in [-0.39, 0.29) is 22.9 Å². The minimum absolute atomic E-state index is 0.0453. The average molecular weight is 644 g/mol. The molecule has 0 atom stereocenters. The molecule has 0 aliphatic heterocycles. The topological polar surface area (TPSA) is 149 Å². The highest BCUT2D eigenvalue weighted by atomic mass is 35.5. The van der Waals surface area contributed by atoms with E-state index in [1.807, 2.05) is 10.3 Å². The average Bonchev–Trinajstić information content (AvgIpc) is 3.29. The van der Waals surface area contributed by atoms with Crippen LogP contribution < -0.4 is 15.2 Å². The molecule has 0 saturated heterocycles. The van der Waals surface area contributed by atoms with Crippen LogP contribution in [-0.4, -0.2) is 53.0 Å². The van der Waals surface area contributed by atoms with Crippen LogP contribution in [-0.2, 0) is 26.5 Å². The van der Waals surface area contributed by atoms with Crippen LogP contribution in [0.3, 0.4) is 0 Å². The number of rotatable bonds is 7. The van der Waals surface area contributed by atoms with E-state index in [1.54, 1.807) is 53.2 Å². The van der Waals surface area contributed by atoms with E-state index in [0.717, 1.165) is 38.2 Å². The Balaban J connectivity index is 2.08. The van der Waals surface area contributed by atoms with E-state index < -0.39 is 61.4 Å². The summed E-state index contributed by atoms with van der Waals surface area (Å²) in [5.74, 6) is -2.71. The molecule has 3 rings (SSSR count). The van der Waals surface area contributed by atoms with E-state index in [0.29, 0.717) is 4.90 Å². The Morgan fingerprint density at radius 1 is 1.07 bits per heavy atom. The van der Waals surface area contributed by atoms with Gasteiger partial charge in [-0.3, -0.25) is 10.2 Å². The van der Waals surface area contributed by atoms with Crippen molar-refractivity contribution in [2.45, 2.75) is 84.8 Å². The van der Waals surface area contributed by atoms with Crippen LogP contribution in [0.25, 0.3) is 11.3 Å². The number of amides is 3. The number of ether oxygens (including phenoxy) is 2. The predicted octanol–water partition coefficient (Wildman–Crippen LogP) is 5.70. The molecule has 1 aliphatic carbocycles. The van der Waals surface area contributed by atoms with E-state index in [4.69, 9.17) is 21.1 Å². The maximum absolute atomic E-state index is 15.8. The Labute approximate surface area is 256 Å². The zero-order chi connectivity index (χ0) is 32.3. The third-order valence-corrected chi connectivity index (χ3v) is 7.95. The van der Waals surface area contributed by atoms with Gasteiger partial charge in [0.1, 0.15) is 16.2 Å². The van der Waals surface area contributed by atoms with Gasteiger partial charge in [0.25, 0.3) is 5.91 Å². The van der Waals surface area contributed by atoms with E-state index in [9.17, 15) is 22.8 Å². The van der Waals surface area contributed by atoms with Crippen molar-refractivity contribution in [3.8, 4) is 11.3 Å². The van der Waals surface area contributed by atoms with Crippen molar-refractivity contribution in [1.29, 1.82) is 0 Å². The summed E-state index contributed by atoms with van der Waals surface area (Å²) in [6.45, 7) is 9.43. The molecule has 12 nitrogen and oxygen atoms in total. The minimum Gasteiger partial charge on any atom is -0.443 e. The molecule has 2 N–H and O–H groups in total. The fourth-order valence-electron chi connectivity index (χ4n) is 4.52. The van der Waals surface area contributed by atoms with Gasteiger partial charge in [0.15, 0.2) is 5.82 Å². The summed E-state index contributed by atoms with van der Waals surface area (Å²) in [5.41, 5.74) is -1.22. The van der Waals surface area contributed by atoms with Crippen LogP contribution >= 0.6 is 11.6 Å². The van der Waals surface area contributed by atoms with Crippen molar-refractivity contribution in [2.24, 2.45) is 13.0 Å². The summed E-state index contributed by atoms with van der Waals surface area (Å²) < 4.78 is 53.5. The number of imide groups is 1. The van der Waals surface area contributed by atoms with E-state index in [1.165, 1.54) is 12.5 Å². The van der Waals surface area contributed by atoms with Gasteiger partial charge in [0.2, 0.25) is 10.0 Å². The number of anilines is 1. The van der Waals surface area contributed by atoms with Gasteiger partial charge in [0, 0.05) is 18.8 Å². The quantitative estimate of drug-likeness (QED) is 0.365. The fourth-order valence-corrected chi connectivity index (χ4v) is 6.09. The first-order valence-corrected chi connectivity index (χ1v) is 15.9. The summed E-state index contributed by atoms with van der Waals surface area (Å²) in [6, 6.07) is 1.02. The molecule has 0 bridgehead atoms. The first-order valence-electron chi connectivity index (χ1n) is 13.8. The molecule has 1 aliphatic rings. The number of hydrogen-bond acceptors (Lipinski definition) is 8. The number of halogens is 2. The zero-order valence-corrected chi connectivity index (χ0v) is 27.0. The molecule has 1 saturated carbocycles. The van der Waals surface area contributed by atoms with Crippen LogP contribution in [0.2, 0.25) is 5.02 Å². The number of hydrogen-bond donors (Lipinski definition) is 2. The van der Waals surface area contributed by atoms with Gasteiger partial charge in [0.05, 0.1) is 29.0 Å². The third-order valence-electron chi connectivity index (χ3n) is 6.28. The van der Waals surface area contributed by atoms with Gasteiger partial charge in [-0.05, 0) is 66.4 Å². The van der Waals surface area contributed by atoms with Crippen molar-refractivity contribution in [2.75, 3.05) is 10.7 Å². The summed E-state index contributed by atoms with van der Waals surface area (Å²) >= 11 is 6.46. The van der Waals surface area contributed by atoms with Crippen LogP contribution in [0.1, 0.15) is 84.0 Å². The predicted molar refractivity (Wildman–Crippen MR) is 160 cm³/mol. The van der Waals surface area contributed by atoms with Crippen molar-refractivity contribution < 1.29 is 36.7 Å². The first kappa shape index (κ1) is 34.3. The molecular weight excluding hydrogens is 605 g/mol. The highest BCUT2D eigenvalue weighted by molar-refractivity contribution is 7.89. The Kier molecular flexibility index (Phi) is 10.5. The molecule has 1 heterocycles. The van der Waals surface area contributed by atoms with Crippen molar-refractivity contribution in [1.82, 2.24) is 19.8 Å². The van der Waals surface area contributed by atoms with Gasteiger partial charge in [-0.1, -0.05) is 30.9 Å². The molecular formula is C28H39ClFN5O7S. The summed E-state index contributed by atoms with van der Waals surface area (Å²) in [6.07, 6.45) is 4.91. The number of imidazole rings is 1. The zero-order valence-electron chi connectivity index (χ0n) is 25.4. The molecule has 1 aromatic carbocycles. The number of sulfonamides is 1. The number of nitrogens with zero attached hydrogens (tertiary/aromatic N) is 3. The molecule has 3 amide bonds. The molecule has 1 aromatic heterocycles. The van der Waals surface area contributed by atoms with Crippen molar-refractivity contribution >= 4 is 45.4 Å².